The molecule has 3 heterocycles. The molecule has 2 unspecified atom stereocenters. The maximum absolute atomic E-state index is 12.8. The molecule has 188 valence electrons. The first-order valence-corrected chi connectivity index (χ1v) is 12.5. The van der Waals surface area contributed by atoms with Crippen LogP contribution in [0, 0.1) is 10.1 Å². The molecule has 0 saturated carbocycles. The van der Waals surface area contributed by atoms with Crippen molar-refractivity contribution in [2.75, 3.05) is 38.2 Å². The summed E-state index contributed by atoms with van der Waals surface area (Å²) in [6.45, 7) is 11.4. The van der Waals surface area contributed by atoms with Gasteiger partial charge >= 0.3 is 11.8 Å². The van der Waals surface area contributed by atoms with Crippen molar-refractivity contribution >= 4 is 17.5 Å². The minimum Gasteiger partial charge on any atom is -0.490 e. The number of ether oxygens (including phenoxy) is 2. The summed E-state index contributed by atoms with van der Waals surface area (Å²) in [5.74, 6) is 0.314. The average molecular weight is 475 g/mol. The lowest BCUT2D eigenvalue weighted by Gasteiger charge is -2.46. The molecule has 0 aliphatic carbocycles. The normalized spacial score (nSPS) is 23.8. The van der Waals surface area contributed by atoms with E-state index in [2.05, 4.69) is 9.80 Å². The lowest BCUT2D eigenvalue weighted by Crippen LogP contribution is -2.60. The van der Waals surface area contributed by atoms with Crippen LogP contribution >= 0.6 is 0 Å². The number of likely N-dealkylation sites (tertiary alicyclic amines) is 1. The number of fused-ring (bicyclic) bond motifs is 2. The Bertz CT molecular complexity index is 909. The van der Waals surface area contributed by atoms with Crippen molar-refractivity contribution in [2.24, 2.45) is 0 Å². The third-order valence-corrected chi connectivity index (χ3v) is 7.39. The molecule has 2 bridgehead atoms. The smallest absolute Gasteiger partial charge is 0.410 e. The third kappa shape index (κ3) is 4.94. The summed E-state index contributed by atoms with van der Waals surface area (Å²) in [4.78, 5) is 30.7. The van der Waals surface area contributed by atoms with Gasteiger partial charge in [-0.15, -0.1) is 0 Å². The minimum absolute atomic E-state index is 0.0244. The Morgan fingerprint density at radius 2 is 1.71 bits per heavy atom. The standard InChI is InChI=1S/C25H38N4O5/c1-6-17-13-22(29(31)32)23(33-5)14-21(17)26-11-9-18(10-12-26)27-15-19-7-8-20(16-27)28(19)24(30)34-25(2,3)4/h13-14,18-20H,6-12,15-16H2,1-5H3. The van der Waals surface area contributed by atoms with Crippen LogP contribution in [0.1, 0.15) is 58.9 Å². The van der Waals surface area contributed by atoms with Crippen LogP contribution < -0.4 is 9.64 Å². The Kier molecular flexibility index (Phi) is 6.94. The number of hydrogen-bond donors (Lipinski definition) is 0. The average Bonchev–Trinajstić information content (AvgIpc) is 3.06. The first-order chi connectivity index (χ1) is 16.1. The summed E-state index contributed by atoms with van der Waals surface area (Å²) in [6.07, 6.45) is 4.72. The molecule has 1 aromatic rings. The number of aryl methyl sites for hydroxylation is 1. The topological polar surface area (TPSA) is 88.4 Å². The predicted octanol–water partition coefficient (Wildman–Crippen LogP) is 4.22. The Balaban J connectivity index is 1.40. The lowest BCUT2D eigenvalue weighted by molar-refractivity contribution is -0.385. The van der Waals surface area contributed by atoms with Gasteiger partial charge in [-0.1, -0.05) is 6.92 Å². The van der Waals surface area contributed by atoms with Gasteiger partial charge in [0.2, 0.25) is 0 Å². The molecule has 9 heteroatoms. The highest BCUT2D eigenvalue weighted by atomic mass is 16.6. The van der Waals surface area contributed by atoms with Crippen molar-refractivity contribution in [3.8, 4) is 5.75 Å². The third-order valence-electron chi connectivity index (χ3n) is 7.39. The van der Waals surface area contributed by atoms with Gasteiger partial charge in [0.05, 0.1) is 12.0 Å². The summed E-state index contributed by atoms with van der Waals surface area (Å²) in [5, 5.41) is 11.4. The number of nitro benzene ring substituents is 1. The van der Waals surface area contributed by atoms with Crippen molar-refractivity contribution in [3.63, 3.8) is 0 Å². The number of nitro groups is 1. The zero-order valence-corrected chi connectivity index (χ0v) is 21.1. The molecule has 1 aromatic carbocycles. The number of carbonyl (C=O) groups is 1. The fraction of sp³-hybridized carbons (Fsp3) is 0.720. The van der Waals surface area contributed by atoms with Crippen molar-refractivity contribution < 1.29 is 19.2 Å². The van der Waals surface area contributed by atoms with Crippen molar-refractivity contribution in [3.05, 3.63) is 27.8 Å². The molecule has 1 amide bonds. The van der Waals surface area contributed by atoms with E-state index >= 15 is 0 Å². The van der Waals surface area contributed by atoms with E-state index in [1.165, 1.54) is 7.11 Å². The molecular formula is C25H38N4O5. The quantitative estimate of drug-likeness (QED) is 0.466. The van der Waals surface area contributed by atoms with Crippen LogP contribution in [0.5, 0.6) is 5.75 Å². The number of nitrogens with zero attached hydrogens (tertiary/aromatic N) is 4. The highest BCUT2D eigenvalue weighted by Gasteiger charge is 2.45. The van der Waals surface area contributed by atoms with Gasteiger partial charge in [-0.25, -0.2) is 4.79 Å². The van der Waals surface area contributed by atoms with Gasteiger partial charge in [0.25, 0.3) is 0 Å². The Hall–Kier alpha value is -2.55. The molecule has 3 saturated heterocycles. The molecule has 2 atom stereocenters. The van der Waals surface area contributed by atoms with Gasteiger partial charge < -0.3 is 14.4 Å². The number of benzene rings is 1. The molecule has 3 fully saturated rings. The minimum atomic E-state index is -0.474. The first-order valence-electron chi connectivity index (χ1n) is 12.5. The molecule has 0 radical (unpaired) electrons. The van der Waals surface area contributed by atoms with E-state index in [-0.39, 0.29) is 28.8 Å². The van der Waals surface area contributed by atoms with Gasteiger partial charge in [-0.3, -0.25) is 19.9 Å². The highest BCUT2D eigenvalue weighted by molar-refractivity contribution is 5.70. The maximum atomic E-state index is 12.8. The number of rotatable bonds is 5. The summed E-state index contributed by atoms with van der Waals surface area (Å²) in [5.41, 5.74) is 1.57. The number of carbonyl (C=O) groups excluding carboxylic acids is 1. The molecule has 0 aromatic heterocycles. The summed E-state index contributed by atoms with van der Waals surface area (Å²) in [6, 6.07) is 4.45. The molecule has 4 rings (SSSR count). The molecule has 3 aliphatic rings. The first kappa shape index (κ1) is 24.6. The highest BCUT2D eigenvalue weighted by Crippen LogP contribution is 2.38. The zero-order chi connectivity index (χ0) is 24.6. The van der Waals surface area contributed by atoms with Gasteiger partial charge in [0, 0.05) is 62.1 Å². The Morgan fingerprint density at radius 3 is 2.21 bits per heavy atom. The van der Waals surface area contributed by atoms with E-state index in [9.17, 15) is 14.9 Å². The van der Waals surface area contributed by atoms with E-state index in [1.807, 2.05) is 38.7 Å². The number of anilines is 1. The van der Waals surface area contributed by atoms with Crippen molar-refractivity contribution in [1.29, 1.82) is 0 Å². The van der Waals surface area contributed by atoms with Gasteiger partial charge in [-0.05, 0) is 58.4 Å². The Labute approximate surface area is 202 Å². The largest absolute Gasteiger partial charge is 0.490 e. The number of piperidine rings is 1. The maximum Gasteiger partial charge on any atom is 0.410 e. The number of piperazine rings is 1. The summed E-state index contributed by atoms with van der Waals surface area (Å²) in [7, 11) is 1.48. The second-order valence-electron chi connectivity index (χ2n) is 10.7. The SMILES string of the molecule is CCc1cc([N+](=O)[O-])c(OC)cc1N1CCC(N2CC3CCC(C2)N3C(=O)OC(C)(C)C)CC1. The zero-order valence-electron chi connectivity index (χ0n) is 21.1. The van der Waals surface area contributed by atoms with Gasteiger partial charge in [0.15, 0.2) is 5.75 Å². The van der Waals surface area contributed by atoms with Crippen molar-refractivity contribution in [2.45, 2.75) is 83.5 Å². The van der Waals surface area contributed by atoms with Crippen LogP contribution in [0.4, 0.5) is 16.2 Å². The fourth-order valence-electron chi connectivity index (χ4n) is 5.80. The fourth-order valence-corrected chi connectivity index (χ4v) is 5.80. The van der Waals surface area contributed by atoms with Crippen LogP contribution in [-0.4, -0.2) is 77.8 Å². The second kappa shape index (κ2) is 9.60. The monoisotopic (exact) mass is 474 g/mol. The van der Waals surface area contributed by atoms with Gasteiger partial charge in [0.1, 0.15) is 5.60 Å². The van der Waals surface area contributed by atoms with E-state index in [0.717, 1.165) is 69.5 Å². The Morgan fingerprint density at radius 1 is 1.09 bits per heavy atom. The van der Waals surface area contributed by atoms with Crippen LogP contribution in [0.3, 0.4) is 0 Å². The molecule has 0 spiro atoms. The van der Waals surface area contributed by atoms with Crippen molar-refractivity contribution in [1.82, 2.24) is 9.80 Å². The molecular weight excluding hydrogens is 436 g/mol. The van der Waals surface area contributed by atoms with Crippen LogP contribution in [0.15, 0.2) is 12.1 Å². The molecule has 3 aliphatic heterocycles. The van der Waals surface area contributed by atoms with Crippen LogP contribution in [0.25, 0.3) is 0 Å². The number of methoxy groups -OCH3 is 1. The van der Waals surface area contributed by atoms with E-state index in [1.54, 1.807) is 6.07 Å². The summed E-state index contributed by atoms with van der Waals surface area (Å²) >= 11 is 0. The van der Waals surface area contributed by atoms with Crippen LogP contribution in [0.2, 0.25) is 0 Å². The lowest BCUT2D eigenvalue weighted by atomic mass is 9.98. The molecule has 9 nitrogen and oxygen atoms in total. The summed E-state index contributed by atoms with van der Waals surface area (Å²) < 4.78 is 11.0. The van der Waals surface area contributed by atoms with Crippen LogP contribution in [-0.2, 0) is 11.2 Å². The number of hydrogen-bond acceptors (Lipinski definition) is 7. The van der Waals surface area contributed by atoms with E-state index in [0.29, 0.717) is 11.8 Å². The van der Waals surface area contributed by atoms with Gasteiger partial charge in [-0.2, -0.15) is 0 Å². The van der Waals surface area contributed by atoms with E-state index < -0.39 is 5.60 Å². The molecule has 0 N–H and O–H groups in total. The predicted molar refractivity (Wildman–Crippen MR) is 131 cm³/mol. The van der Waals surface area contributed by atoms with E-state index in [4.69, 9.17) is 9.47 Å². The molecule has 34 heavy (non-hydrogen) atoms. The second-order valence-corrected chi connectivity index (χ2v) is 10.7. The number of amides is 1.